The zero-order valence-electron chi connectivity index (χ0n) is 10.8. The molecule has 0 saturated carbocycles. The molecule has 1 aromatic carbocycles. The Kier molecular flexibility index (Phi) is 4.86. The summed E-state index contributed by atoms with van der Waals surface area (Å²) in [5.41, 5.74) is 1.57. The van der Waals surface area contributed by atoms with Crippen molar-refractivity contribution in [1.82, 2.24) is 10.0 Å². The zero-order valence-corrected chi connectivity index (χ0v) is 11.6. The van der Waals surface area contributed by atoms with Crippen LogP contribution in [0.2, 0.25) is 0 Å². The molecule has 0 aliphatic rings. The number of sulfonamides is 1. The summed E-state index contributed by atoms with van der Waals surface area (Å²) in [5, 5.41) is 2.44. The summed E-state index contributed by atoms with van der Waals surface area (Å²) in [6.07, 6.45) is 0.126. The van der Waals surface area contributed by atoms with E-state index in [1.807, 2.05) is 13.0 Å². The van der Waals surface area contributed by atoms with E-state index in [9.17, 15) is 13.2 Å². The number of carbonyl (C=O) groups excluding carboxylic acids is 1. The maximum absolute atomic E-state index is 12.0. The van der Waals surface area contributed by atoms with Crippen LogP contribution in [-0.4, -0.2) is 27.9 Å². The Balaban J connectivity index is 2.80. The summed E-state index contributed by atoms with van der Waals surface area (Å²) in [6.45, 7) is 3.67. The van der Waals surface area contributed by atoms with Crippen LogP contribution in [0.15, 0.2) is 23.1 Å². The Labute approximate surface area is 108 Å². The number of hydrogen-bond donors (Lipinski definition) is 2. The van der Waals surface area contributed by atoms with Gasteiger partial charge in [0.25, 0.3) is 0 Å². The third-order valence-electron chi connectivity index (χ3n) is 2.56. The fraction of sp³-hybridized carbons (Fsp3) is 0.417. The summed E-state index contributed by atoms with van der Waals surface area (Å²) in [5.74, 6) is -0.196. The number of hydrogen-bond acceptors (Lipinski definition) is 3. The molecule has 6 heteroatoms. The minimum Gasteiger partial charge on any atom is -0.359 e. The molecule has 0 bridgehead atoms. The molecule has 5 nitrogen and oxygen atoms in total. The van der Waals surface area contributed by atoms with Crippen LogP contribution in [0.25, 0.3) is 0 Å². The van der Waals surface area contributed by atoms with Gasteiger partial charge in [0.1, 0.15) is 0 Å². The van der Waals surface area contributed by atoms with Gasteiger partial charge in [-0.25, -0.2) is 13.1 Å². The number of amides is 1. The van der Waals surface area contributed by atoms with E-state index in [0.29, 0.717) is 5.56 Å². The Morgan fingerprint density at radius 2 is 1.94 bits per heavy atom. The number of aryl methyl sites for hydroxylation is 2. The van der Waals surface area contributed by atoms with Gasteiger partial charge >= 0.3 is 0 Å². The van der Waals surface area contributed by atoms with Crippen LogP contribution in [0.4, 0.5) is 0 Å². The van der Waals surface area contributed by atoms with Gasteiger partial charge in [0, 0.05) is 20.0 Å². The maximum Gasteiger partial charge on any atom is 0.240 e. The molecule has 0 fully saturated rings. The van der Waals surface area contributed by atoms with Crippen LogP contribution in [0.5, 0.6) is 0 Å². The van der Waals surface area contributed by atoms with E-state index < -0.39 is 10.0 Å². The molecule has 0 aromatic heterocycles. The van der Waals surface area contributed by atoms with Gasteiger partial charge in [0.2, 0.25) is 15.9 Å². The van der Waals surface area contributed by atoms with Gasteiger partial charge in [-0.3, -0.25) is 4.79 Å². The lowest BCUT2D eigenvalue weighted by molar-refractivity contribution is -0.120. The van der Waals surface area contributed by atoms with Crippen molar-refractivity contribution >= 4 is 15.9 Å². The van der Waals surface area contributed by atoms with Gasteiger partial charge in [-0.05, 0) is 31.0 Å². The third-order valence-corrected chi connectivity index (χ3v) is 4.16. The van der Waals surface area contributed by atoms with E-state index in [2.05, 4.69) is 10.0 Å². The average Bonchev–Trinajstić information content (AvgIpc) is 2.31. The number of carbonyl (C=O) groups is 1. The first-order valence-electron chi connectivity index (χ1n) is 5.64. The van der Waals surface area contributed by atoms with Crippen LogP contribution in [-0.2, 0) is 14.8 Å². The van der Waals surface area contributed by atoms with Crippen molar-refractivity contribution in [2.24, 2.45) is 0 Å². The molecule has 18 heavy (non-hydrogen) atoms. The van der Waals surface area contributed by atoms with E-state index in [0.717, 1.165) is 5.56 Å². The third kappa shape index (κ3) is 3.82. The Morgan fingerprint density at radius 3 is 2.56 bits per heavy atom. The van der Waals surface area contributed by atoms with Crippen molar-refractivity contribution in [3.05, 3.63) is 29.3 Å². The molecule has 0 saturated heterocycles. The lowest BCUT2D eigenvalue weighted by Crippen LogP contribution is -2.29. The lowest BCUT2D eigenvalue weighted by atomic mass is 10.2. The minimum atomic E-state index is -3.55. The predicted molar refractivity (Wildman–Crippen MR) is 69.8 cm³/mol. The number of nitrogens with one attached hydrogen (secondary N) is 2. The molecular formula is C12H18N2O3S. The lowest BCUT2D eigenvalue weighted by Gasteiger charge is -2.09. The summed E-state index contributed by atoms with van der Waals surface area (Å²) >= 11 is 0. The van der Waals surface area contributed by atoms with Crippen molar-refractivity contribution in [2.75, 3.05) is 13.6 Å². The Hall–Kier alpha value is -1.40. The topological polar surface area (TPSA) is 75.3 Å². The predicted octanol–water partition coefficient (Wildman–Crippen LogP) is 0.718. The highest BCUT2D eigenvalue weighted by atomic mass is 32.2. The molecule has 0 heterocycles. The van der Waals surface area contributed by atoms with Crippen LogP contribution >= 0.6 is 0 Å². The standard InChI is InChI=1S/C12H18N2O3S/c1-9-4-5-10(2)11(8-9)18(16,17)14-7-6-12(15)13-3/h4-5,8,14H,6-7H2,1-3H3,(H,13,15). The molecule has 0 unspecified atom stereocenters. The largest absolute Gasteiger partial charge is 0.359 e. The van der Waals surface area contributed by atoms with Crippen LogP contribution < -0.4 is 10.0 Å². The van der Waals surface area contributed by atoms with Crippen molar-refractivity contribution in [3.63, 3.8) is 0 Å². The molecule has 1 rings (SSSR count). The molecule has 0 aliphatic carbocycles. The van der Waals surface area contributed by atoms with Gasteiger partial charge in [-0.2, -0.15) is 0 Å². The summed E-state index contributed by atoms with van der Waals surface area (Å²) in [4.78, 5) is 11.3. The first-order valence-corrected chi connectivity index (χ1v) is 7.12. The maximum atomic E-state index is 12.0. The normalized spacial score (nSPS) is 11.3. The molecule has 1 amide bonds. The molecule has 0 atom stereocenters. The van der Waals surface area contributed by atoms with Crippen molar-refractivity contribution in [3.8, 4) is 0 Å². The van der Waals surface area contributed by atoms with Gasteiger partial charge in [0.15, 0.2) is 0 Å². The molecular weight excluding hydrogens is 252 g/mol. The molecule has 100 valence electrons. The second-order valence-electron chi connectivity index (χ2n) is 4.09. The monoisotopic (exact) mass is 270 g/mol. The fourth-order valence-corrected chi connectivity index (χ4v) is 2.86. The highest BCUT2D eigenvalue weighted by Gasteiger charge is 2.16. The van der Waals surface area contributed by atoms with Gasteiger partial charge < -0.3 is 5.32 Å². The summed E-state index contributed by atoms with van der Waals surface area (Å²) < 4.78 is 26.5. The summed E-state index contributed by atoms with van der Waals surface area (Å²) in [7, 11) is -2.03. The van der Waals surface area contributed by atoms with E-state index in [4.69, 9.17) is 0 Å². The zero-order chi connectivity index (χ0) is 13.8. The van der Waals surface area contributed by atoms with Gasteiger partial charge in [-0.1, -0.05) is 12.1 Å². The van der Waals surface area contributed by atoms with Crippen molar-refractivity contribution in [2.45, 2.75) is 25.2 Å². The average molecular weight is 270 g/mol. The second-order valence-corrected chi connectivity index (χ2v) is 5.83. The SMILES string of the molecule is CNC(=O)CCNS(=O)(=O)c1cc(C)ccc1C. The molecule has 0 spiro atoms. The van der Waals surface area contributed by atoms with E-state index in [1.54, 1.807) is 19.1 Å². The Morgan fingerprint density at radius 1 is 1.28 bits per heavy atom. The summed E-state index contributed by atoms with van der Waals surface area (Å²) in [6, 6.07) is 5.25. The van der Waals surface area contributed by atoms with Crippen molar-refractivity contribution in [1.29, 1.82) is 0 Å². The molecule has 1 aromatic rings. The van der Waals surface area contributed by atoms with Gasteiger partial charge in [0.05, 0.1) is 4.90 Å². The fourth-order valence-electron chi connectivity index (χ4n) is 1.50. The minimum absolute atomic E-state index is 0.0926. The van der Waals surface area contributed by atoms with Crippen LogP contribution in [0.1, 0.15) is 17.5 Å². The van der Waals surface area contributed by atoms with Crippen molar-refractivity contribution < 1.29 is 13.2 Å². The molecule has 0 radical (unpaired) electrons. The molecule has 2 N–H and O–H groups in total. The highest BCUT2D eigenvalue weighted by Crippen LogP contribution is 2.16. The number of benzene rings is 1. The number of rotatable bonds is 5. The van der Waals surface area contributed by atoms with E-state index in [-0.39, 0.29) is 23.8 Å². The highest BCUT2D eigenvalue weighted by molar-refractivity contribution is 7.89. The molecule has 0 aliphatic heterocycles. The second kappa shape index (κ2) is 5.97. The quantitative estimate of drug-likeness (QED) is 0.827. The van der Waals surface area contributed by atoms with E-state index >= 15 is 0 Å². The van der Waals surface area contributed by atoms with Gasteiger partial charge in [-0.15, -0.1) is 0 Å². The smallest absolute Gasteiger partial charge is 0.240 e. The Bertz CT molecular complexity index is 538. The first kappa shape index (κ1) is 14.7. The van der Waals surface area contributed by atoms with E-state index in [1.165, 1.54) is 7.05 Å². The van der Waals surface area contributed by atoms with Crippen LogP contribution in [0, 0.1) is 13.8 Å². The first-order chi connectivity index (χ1) is 8.36. The van der Waals surface area contributed by atoms with Crippen LogP contribution in [0.3, 0.4) is 0 Å².